The first-order valence-corrected chi connectivity index (χ1v) is 8.97. The highest BCUT2D eigenvalue weighted by Gasteiger charge is 2.15. The molecule has 0 unspecified atom stereocenters. The van der Waals surface area contributed by atoms with Gasteiger partial charge >= 0.3 is 0 Å². The van der Waals surface area contributed by atoms with Crippen molar-refractivity contribution in [2.75, 3.05) is 11.1 Å². The highest BCUT2D eigenvalue weighted by molar-refractivity contribution is 7.90. The van der Waals surface area contributed by atoms with Gasteiger partial charge < -0.3 is 5.32 Å². The van der Waals surface area contributed by atoms with E-state index in [1.165, 1.54) is 18.2 Å². The van der Waals surface area contributed by atoms with Gasteiger partial charge in [-0.3, -0.25) is 4.79 Å². The molecule has 0 fully saturated rings. The van der Waals surface area contributed by atoms with Crippen LogP contribution in [0.15, 0.2) is 48.5 Å². The van der Waals surface area contributed by atoms with E-state index in [9.17, 15) is 17.6 Å². The van der Waals surface area contributed by atoms with Gasteiger partial charge in [-0.25, -0.2) is 12.8 Å². The number of anilines is 1. The average Bonchev–Trinajstić information content (AvgIpc) is 2.45. The maximum atomic E-state index is 13.0. The van der Waals surface area contributed by atoms with Gasteiger partial charge in [-0.1, -0.05) is 35.9 Å². The van der Waals surface area contributed by atoms with E-state index in [0.717, 1.165) is 5.56 Å². The van der Waals surface area contributed by atoms with Crippen LogP contribution in [0, 0.1) is 12.7 Å². The second kappa shape index (κ2) is 7.37. The zero-order valence-electron chi connectivity index (χ0n) is 12.8. The van der Waals surface area contributed by atoms with Gasteiger partial charge in [-0.2, -0.15) is 0 Å². The van der Waals surface area contributed by atoms with Gasteiger partial charge in [0, 0.05) is 12.1 Å². The summed E-state index contributed by atoms with van der Waals surface area (Å²) >= 11 is 0. The van der Waals surface area contributed by atoms with Crippen molar-refractivity contribution in [1.29, 1.82) is 0 Å². The predicted molar refractivity (Wildman–Crippen MR) is 88.3 cm³/mol. The van der Waals surface area contributed by atoms with Gasteiger partial charge in [0.2, 0.25) is 5.91 Å². The van der Waals surface area contributed by atoms with Crippen LogP contribution in [0.5, 0.6) is 0 Å². The fraction of sp³-hybridized carbons (Fsp3) is 0.235. The molecule has 0 spiro atoms. The first-order chi connectivity index (χ1) is 10.8. The molecule has 0 atom stereocenters. The van der Waals surface area contributed by atoms with Gasteiger partial charge in [-0.15, -0.1) is 0 Å². The summed E-state index contributed by atoms with van der Waals surface area (Å²) in [7, 11) is -3.38. The minimum atomic E-state index is -3.38. The lowest BCUT2D eigenvalue weighted by atomic mass is 10.2. The fourth-order valence-corrected chi connectivity index (χ4v) is 3.49. The summed E-state index contributed by atoms with van der Waals surface area (Å²) in [6.07, 6.45) is -0.162. The number of rotatable bonds is 6. The van der Waals surface area contributed by atoms with Crippen LogP contribution in [-0.4, -0.2) is 20.1 Å². The number of carbonyl (C=O) groups is 1. The van der Waals surface area contributed by atoms with Crippen molar-refractivity contribution in [2.45, 2.75) is 19.1 Å². The number of hydrogen-bond donors (Lipinski definition) is 1. The molecule has 0 aromatic heterocycles. The van der Waals surface area contributed by atoms with E-state index in [4.69, 9.17) is 0 Å². The molecule has 1 amide bonds. The van der Waals surface area contributed by atoms with E-state index in [0.29, 0.717) is 11.3 Å². The van der Waals surface area contributed by atoms with Crippen LogP contribution in [0.2, 0.25) is 0 Å². The van der Waals surface area contributed by atoms with E-state index in [2.05, 4.69) is 5.32 Å². The summed E-state index contributed by atoms with van der Waals surface area (Å²) in [6.45, 7) is 1.89. The van der Waals surface area contributed by atoms with Crippen LogP contribution in [0.1, 0.15) is 17.5 Å². The first kappa shape index (κ1) is 17.1. The van der Waals surface area contributed by atoms with Crippen LogP contribution in [0.3, 0.4) is 0 Å². The molecule has 6 heteroatoms. The highest BCUT2D eigenvalue weighted by atomic mass is 32.2. The van der Waals surface area contributed by atoms with Crippen LogP contribution in [-0.2, 0) is 20.4 Å². The molecule has 2 aromatic carbocycles. The van der Waals surface area contributed by atoms with Crippen molar-refractivity contribution in [3.05, 3.63) is 65.5 Å². The van der Waals surface area contributed by atoms with Crippen molar-refractivity contribution < 1.29 is 17.6 Å². The molecule has 0 bridgehead atoms. The number of nitrogens with one attached hydrogen (secondary N) is 1. The van der Waals surface area contributed by atoms with Gasteiger partial charge in [0.05, 0.1) is 11.5 Å². The van der Waals surface area contributed by atoms with Gasteiger partial charge in [-0.05, 0) is 30.7 Å². The molecule has 2 rings (SSSR count). The predicted octanol–water partition coefficient (Wildman–Crippen LogP) is 3.08. The molecule has 0 radical (unpaired) electrons. The molecule has 0 aliphatic heterocycles. The number of sulfone groups is 1. The third-order valence-electron chi connectivity index (χ3n) is 3.22. The summed E-state index contributed by atoms with van der Waals surface area (Å²) in [5.41, 5.74) is 2.00. The van der Waals surface area contributed by atoms with Crippen molar-refractivity contribution in [3.8, 4) is 0 Å². The van der Waals surface area contributed by atoms with Gasteiger partial charge in [0.1, 0.15) is 5.82 Å². The monoisotopic (exact) mass is 335 g/mol. The zero-order chi connectivity index (χ0) is 16.9. The normalized spacial score (nSPS) is 11.2. The van der Waals surface area contributed by atoms with Crippen molar-refractivity contribution in [3.63, 3.8) is 0 Å². The molecular weight excluding hydrogens is 317 g/mol. The van der Waals surface area contributed by atoms with E-state index >= 15 is 0 Å². The standard InChI is InChI=1S/C17H18FNO3S/c1-13-4-2-5-14(10-13)12-23(21,22)9-8-17(20)19-16-7-3-6-15(18)11-16/h2-7,10-11H,8-9,12H2,1H3,(H,19,20). The third kappa shape index (κ3) is 5.83. The lowest BCUT2D eigenvalue weighted by Gasteiger charge is -2.07. The molecule has 0 heterocycles. The van der Waals surface area contributed by atoms with Crippen LogP contribution < -0.4 is 5.32 Å². The second-order valence-electron chi connectivity index (χ2n) is 5.39. The maximum absolute atomic E-state index is 13.0. The summed E-state index contributed by atoms with van der Waals surface area (Å²) in [5.74, 6) is -1.26. The Kier molecular flexibility index (Phi) is 5.50. The molecule has 4 nitrogen and oxygen atoms in total. The van der Waals surface area contributed by atoms with Crippen LogP contribution >= 0.6 is 0 Å². The summed E-state index contributed by atoms with van der Waals surface area (Å²) in [6, 6.07) is 12.7. The Labute approximate surface area is 135 Å². The highest BCUT2D eigenvalue weighted by Crippen LogP contribution is 2.12. The molecule has 0 saturated carbocycles. The molecule has 23 heavy (non-hydrogen) atoms. The molecule has 2 aromatic rings. The zero-order valence-corrected chi connectivity index (χ0v) is 13.6. The van der Waals surface area contributed by atoms with Crippen molar-refractivity contribution in [1.82, 2.24) is 0 Å². The summed E-state index contributed by atoms with van der Waals surface area (Å²) in [5, 5.41) is 2.48. The molecule has 122 valence electrons. The average molecular weight is 335 g/mol. The lowest BCUT2D eigenvalue weighted by molar-refractivity contribution is -0.115. The topological polar surface area (TPSA) is 63.2 Å². The van der Waals surface area contributed by atoms with Gasteiger partial charge in [0.25, 0.3) is 0 Å². The smallest absolute Gasteiger partial charge is 0.225 e. The Morgan fingerprint density at radius 1 is 1.13 bits per heavy atom. The Balaban J connectivity index is 1.90. The molecule has 0 saturated heterocycles. The Hall–Kier alpha value is -2.21. The lowest BCUT2D eigenvalue weighted by Crippen LogP contribution is -2.18. The van der Waals surface area contributed by atoms with E-state index in [1.54, 1.807) is 18.2 Å². The largest absolute Gasteiger partial charge is 0.326 e. The number of halogens is 1. The van der Waals surface area contributed by atoms with Crippen LogP contribution in [0.25, 0.3) is 0 Å². The molecule has 0 aliphatic carbocycles. The Bertz CT molecular complexity index is 803. The Morgan fingerprint density at radius 3 is 2.57 bits per heavy atom. The SMILES string of the molecule is Cc1cccc(CS(=O)(=O)CCC(=O)Nc2cccc(F)c2)c1. The van der Waals surface area contributed by atoms with Crippen molar-refractivity contribution in [2.24, 2.45) is 0 Å². The van der Waals surface area contributed by atoms with Crippen LogP contribution in [0.4, 0.5) is 10.1 Å². The summed E-state index contributed by atoms with van der Waals surface area (Å²) < 4.78 is 37.2. The second-order valence-corrected chi connectivity index (χ2v) is 7.57. The van der Waals surface area contributed by atoms with E-state index in [-0.39, 0.29) is 17.9 Å². The maximum Gasteiger partial charge on any atom is 0.225 e. The van der Waals surface area contributed by atoms with Crippen molar-refractivity contribution >= 4 is 21.4 Å². The molecular formula is C17H18FNO3S. The molecule has 1 N–H and O–H groups in total. The first-order valence-electron chi connectivity index (χ1n) is 7.15. The number of carbonyl (C=O) groups excluding carboxylic acids is 1. The van der Waals surface area contributed by atoms with Gasteiger partial charge in [0.15, 0.2) is 9.84 Å². The minimum Gasteiger partial charge on any atom is -0.326 e. The number of hydrogen-bond acceptors (Lipinski definition) is 3. The fourth-order valence-electron chi connectivity index (χ4n) is 2.17. The van der Waals surface area contributed by atoms with E-state index in [1.807, 2.05) is 19.1 Å². The van der Waals surface area contributed by atoms with E-state index < -0.39 is 21.6 Å². The summed E-state index contributed by atoms with van der Waals surface area (Å²) in [4.78, 5) is 11.8. The quantitative estimate of drug-likeness (QED) is 0.882. The number of aryl methyl sites for hydroxylation is 1. The third-order valence-corrected chi connectivity index (χ3v) is 4.82. The number of benzene rings is 2. The molecule has 0 aliphatic rings. The minimum absolute atomic E-state index is 0.0953. The Morgan fingerprint density at radius 2 is 1.87 bits per heavy atom. The number of amides is 1.